The second-order valence-electron chi connectivity index (χ2n) is 6.70. The molecule has 1 aliphatic rings. The number of rotatable bonds is 3. The molecule has 1 fully saturated rings. The van der Waals surface area contributed by atoms with E-state index in [-0.39, 0.29) is 10.9 Å². The second kappa shape index (κ2) is 7.47. The average molecular weight is 373 g/mol. The first kappa shape index (κ1) is 18.4. The van der Waals surface area contributed by atoms with E-state index < -0.39 is 10.0 Å². The van der Waals surface area contributed by atoms with Crippen molar-refractivity contribution in [2.24, 2.45) is 5.14 Å². The normalized spacial score (nSPS) is 17.8. The number of carbonyl (C=O) groups is 1. The summed E-state index contributed by atoms with van der Waals surface area (Å²) in [6.45, 7) is 3.39. The van der Waals surface area contributed by atoms with Crippen LogP contribution in [0.15, 0.2) is 53.4 Å². The van der Waals surface area contributed by atoms with Crippen molar-refractivity contribution in [1.29, 1.82) is 0 Å². The van der Waals surface area contributed by atoms with Crippen LogP contribution < -0.4 is 10.5 Å². The van der Waals surface area contributed by atoms with Crippen LogP contribution in [-0.2, 0) is 10.0 Å². The summed E-state index contributed by atoms with van der Waals surface area (Å²) >= 11 is 0. The maximum Gasteiger partial charge on any atom is 0.321 e. The molecule has 0 radical (unpaired) electrons. The third-order valence-corrected chi connectivity index (χ3v) is 5.55. The fourth-order valence-corrected chi connectivity index (χ4v) is 3.87. The van der Waals surface area contributed by atoms with Gasteiger partial charge in [-0.3, -0.25) is 0 Å². The number of hydrogen-bond donors (Lipinski definition) is 2. The van der Waals surface area contributed by atoms with Crippen molar-refractivity contribution in [3.05, 3.63) is 59.7 Å². The van der Waals surface area contributed by atoms with Gasteiger partial charge in [0.2, 0.25) is 10.0 Å². The lowest BCUT2D eigenvalue weighted by Crippen LogP contribution is -2.41. The van der Waals surface area contributed by atoms with Crippen LogP contribution in [0.25, 0.3) is 0 Å². The molecule has 2 amide bonds. The standard InChI is InChI=1S/C19H23N3O3S/c1-14-5-2-6-15(11-14)16-7-4-10-22(13-16)19(23)21-17-8-3-9-18(12-17)26(20,24)25/h2-3,5-6,8-9,11-12,16H,4,7,10,13H2,1H3,(H,21,23)(H2,20,24,25)/t16-/m1/s1. The number of nitrogens with one attached hydrogen (secondary N) is 1. The molecule has 26 heavy (non-hydrogen) atoms. The number of sulfonamides is 1. The third-order valence-electron chi connectivity index (χ3n) is 4.64. The average Bonchev–Trinajstić information content (AvgIpc) is 2.61. The SMILES string of the molecule is Cc1cccc([C@@H]2CCCN(C(=O)Nc3cccc(S(N)(=O)=O)c3)C2)c1. The Morgan fingerprint density at radius 3 is 2.69 bits per heavy atom. The van der Waals surface area contributed by atoms with E-state index in [1.807, 2.05) is 6.07 Å². The number of primary sulfonamides is 1. The molecule has 1 saturated heterocycles. The molecule has 138 valence electrons. The Bertz CT molecular complexity index is 912. The number of amides is 2. The van der Waals surface area contributed by atoms with Crippen LogP contribution in [0.2, 0.25) is 0 Å². The smallest absolute Gasteiger partial charge is 0.321 e. The van der Waals surface area contributed by atoms with E-state index in [0.29, 0.717) is 24.7 Å². The van der Waals surface area contributed by atoms with Gasteiger partial charge in [0.25, 0.3) is 0 Å². The first-order valence-corrected chi connectivity index (χ1v) is 10.1. The number of hydrogen-bond acceptors (Lipinski definition) is 3. The lowest BCUT2D eigenvalue weighted by atomic mass is 9.90. The molecule has 2 aromatic carbocycles. The number of urea groups is 1. The first-order valence-electron chi connectivity index (χ1n) is 8.58. The van der Waals surface area contributed by atoms with Crippen LogP contribution in [0.1, 0.15) is 29.9 Å². The van der Waals surface area contributed by atoms with Gasteiger partial charge < -0.3 is 10.2 Å². The van der Waals surface area contributed by atoms with Crippen LogP contribution in [0.5, 0.6) is 0 Å². The van der Waals surface area contributed by atoms with E-state index in [4.69, 9.17) is 5.14 Å². The Balaban J connectivity index is 1.70. The van der Waals surface area contributed by atoms with Crippen LogP contribution in [0.4, 0.5) is 10.5 Å². The Morgan fingerprint density at radius 1 is 1.19 bits per heavy atom. The van der Waals surface area contributed by atoms with Gasteiger partial charge in [-0.05, 0) is 43.5 Å². The van der Waals surface area contributed by atoms with E-state index in [0.717, 1.165) is 12.8 Å². The van der Waals surface area contributed by atoms with Crippen molar-refractivity contribution in [3.63, 3.8) is 0 Å². The lowest BCUT2D eigenvalue weighted by Gasteiger charge is -2.33. The van der Waals surface area contributed by atoms with E-state index in [1.54, 1.807) is 17.0 Å². The molecule has 0 bridgehead atoms. The maximum atomic E-state index is 12.6. The van der Waals surface area contributed by atoms with Gasteiger partial charge in [-0.1, -0.05) is 35.9 Å². The number of nitrogens with two attached hydrogens (primary N) is 1. The number of aryl methyl sites for hydroxylation is 1. The van der Waals surface area contributed by atoms with Crippen molar-refractivity contribution in [1.82, 2.24) is 4.90 Å². The van der Waals surface area contributed by atoms with Gasteiger partial charge in [-0.2, -0.15) is 0 Å². The highest BCUT2D eigenvalue weighted by Crippen LogP contribution is 2.28. The Kier molecular flexibility index (Phi) is 5.29. The summed E-state index contributed by atoms with van der Waals surface area (Å²) in [4.78, 5) is 14.4. The van der Waals surface area contributed by atoms with Crippen molar-refractivity contribution >= 4 is 21.7 Å². The van der Waals surface area contributed by atoms with Gasteiger partial charge in [0.1, 0.15) is 0 Å². The Hall–Kier alpha value is -2.38. The van der Waals surface area contributed by atoms with Crippen molar-refractivity contribution in [2.45, 2.75) is 30.6 Å². The molecule has 1 atom stereocenters. The minimum absolute atomic E-state index is 0.0217. The molecule has 0 spiro atoms. The molecule has 2 aromatic rings. The van der Waals surface area contributed by atoms with E-state index in [1.165, 1.54) is 23.3 Å². The molecular formula is C19H23N3O3S. The predicted molar refractivity (Wildman–Crippen MR) is 102 cm³/mol. The maximum absolute atomic E-state index is 12.6. The highest BCUT2D eigenvalue weighted by molar-refractivity contribution is 7.89. The molecule has 0 aliphatic carbocycles. The molecule has 0 unspecified atom stereocenters. The number of anilines is 1. The minimum Gasteiger partial charge on any atom is -0.324 e. The fraction of sp³-hybridized carbons (Fsp3) is 0.316. The molecule has 6 nitrogen and oxygen atoms in total. The molecular weight excluding hydrogens is 350 g/mol. The molecule has 7 heteroatoms. The lowest BCUT2D eigenvalue weighted by molar-refractivity contribution is 0.193. The fourth-order valence-electron chi connectivity index (χ4n) is 3.31. The summed E-state index contributed by atoms with van der Waals surface area (Å²) in [5.74, 6) is 0.310. The molecule has 1 aliphatic heterocycles. The summed E-state index contributed by atoms with van der Waals surface area (Å²) in [6, 6.07) is 14.1. The highest BCUT2D eigenvalue weighted by atomic mass is 32.2. The summed E-state index contributed by atoms with van der Waals surface area (Å²) in [5, 5.41) is 7.92. The van der Waals surface area contributed by atoms with Crippen molar-refractivity contribution in [3.8, 4) is 0 Å². The van der Waals surface area contributed by atoms with E-state index in [2.05, 4.69) is 30.4 Å². The number of piperidine rings is 1. The van der Waals surface area contributed by atoms with Gasteiger partial charge in [0.05, 0.1) is 4.90 Å². The molecule has 0 aromatic heterocycles. The second-order valence-corrected chi connectivity index (χ2v) is 8.26. The van der Waals surface area contributed by atoms with Gasteiger partial charge in [0, 0.05) is 24.7 Å². The van der Waals surface area contributed by atoms with Gasteiger partial charge >= 0.3 is 6.03 Å². The largest absolute Gasteiger partial charge is 0.324 e. The molecule has 1 heterocycles. The van der Waals surface area contributed by atoms with Gasteiger partial charge in [-0.25, -0.2) is 18.4 Å². The minimum atomic E-state index is -3.80. The third kappa shape index (κ3) is 4.42. The summed E-state index contributed by atoms with van der Waals surface area (Å²) < 4.78 is 22.9. The first-order chi connectivity index (χ1) is 12.3. The number of likely N-dealkylation sites (tertiary alicyclic amines) is 1. The van der Waals surface area contributed by atoms with Crippen molar-refractivity contribution < 1.29 is 13.2 Å². The number of benzene rings is 2. The summed E-state index contributed by atoms with van der Waals surface area (Å²) in [7, 11) is -3.80. The van der Waals surface area contributed by atoms with Crippen LogP contribution in [0, 0.1) is 6.92 Å². The predicted octanol–water partition coefficient (Wildman–Crippen LogP) is 3.05. The Labute approximate surface area is 154 Å². The quantitative estimate of drug-likeness (QED) is 0.866. The van der Waals surface area contributed by atoms with E-state index >= 15 is 0 Å². The van der Waals surface area contributed by atoms with E-state index in [9.17, 15) is 13.2 Å². The molecule has 3 rings (SSSR count). The van der Waals surface area contributed by atoms with Gasteiger partial charge in [0.15, 0.2) is 0 Å². The summed E-state index contributed by atoms with van der Waals surface area (Å²) in [5.41, 5.74) is 2.88. The Morgan fingerprint density at radius 2 is 1.96 bits per heavy atom. The zero-order valence-electron chi connectivity index (χ0n) is 14.7. The zero-order valence-corrected chi connectivity index (χ0v) is 15.5. The van der Waals surface area contributed by atoms with Crippen LogP contribution in [0.3, 0.4) is 0 Å². The molecule has 0 saturated carbocycles. The van der Waals surface area contributed by atoms with Gasteiger partial charge in [-0.15, -0.1) is 0 Å². The summed E-state index contributed by atoms with van der Waals surface area (Å²) in [6.07, 6.45) is 1.98. The van der Waals surface area contributed by atoms with Crippen LogP contribution >= 0.6 is 0 Å². The topological polar surface area (TPSA) is 92.5 Å². The molecule has 3 N–H and O–H groups in total. The zero-order chi connectivity index (χ0) is 18.7. The van der Waals surface area contributed by atoms with Crippen molar-refractivity contribution in [2.75, 3.05) is 18.4 Å². The van der Waals surface area contributed by atoms with Crippen LogP contribution in [-0.4, -0.2) is 32.4 Å². The monoisotopic (exact) mass is 373 g/mol. The highest BCUT2D eigenvalue weighted by Gasteiger charge is 2.25. The number of carbonyl (C=O) groups excluding carboxylic acids is 1. The number of nitrogens with zero attached hydrogens (tertiary/aromatic N) is 1.